The van der Waals surface area contributed by atoms with Crippen LogP contribution in [0, 0.1) is 16.7 Å². The third kappa shape index (κ3) is 4.14. The van der Waals surface area contributed by atoms with E-state index >= 15 is 0 Å². The summed E-state index contributed by atoms with van der Waals surface area (Å²) in [5.41, 5.74) is 1.00. The summed E-state index contributed by atoms with van der Waals surface area (Å²) in [6.45, 7) is 6.11. The van der Waals surface area contributed by atoms with Crippen molar-refractivity contribution < 1.29 is 9.47 Å². The number of rotatable bonds is 7. The van der Waals surface area contributed by atoms with Crippen LogP contribution in [0.5, 0.6) is 11.5 Å². The van der Waals surface area contributed by atoms with Gasteiger partial charge in [-0.2, -0.15) is 5.26 Å². The fourth-order valence-electron chi connectivity index (χ4n) is 2.16. The highest BCUT2D eigenvalue weighted by molar-refractivity contribution is 5.44. The molecule has 0 atom stereocenters. The number of unbranched alkanes of at least 4 members (excludes halogenated alkanes) is 1. The van der Waals surface area contributed by atoms with Gasteiger partial charge in [-0.25, -0.2) is 0 Å². The molecule has 0 bridgehead atoms. The van der Waals surface area contributed by atoms with Crippen molar-refractivity contribution in [1.82, 2.24) is 5.32 Å². The van der Waals surface area contributed by atoms with E-state index in [4.69, 9.17) is 14.7 Å². The maximum atomic E-state index is 8.93. The Morgan fingerprint density at radius 3 is 2.85 bits per heavy atom. The quantitative estimate of drug-likeness (QED) is 0.776. The number of nitriles is 1. The summed E-state index contributed by atoms with van der Waals surface area (Å²) < 4.78 is 10.6. The maximum Gasteiger partial charge on any atom is 0.231 e. The van der Waals surface area contributed by atoms with Crippen LogP contribution in [0.1, 0.15) is 38.7 Å². The average Bonchev–Trinajstić information content (AvgIpc) is 2.90. The standard InChI is InChI=1S/C16H22N2O2/c1-16(2,11-17)7-3-4-8-18-10-13-5-6-14-15(9-13)20-12-19-14/h5-6,9,18H,3-4,7-8,10,12H2,1-2H3. The van der Waals surface area contributed by atoms with E-state index in [9.17, 15) is 0 Å². The first kappa shape index (κ1) is 14.7. The predicted octanol–water partition coefficient (Wildman–Crippen LogP) is 3.22. The molecule has 1 aliphatic heterocycles. The number of benzene rings is 1. The number of nitrogens with one attached hydrogen (secondary N) is 1. The fourth-order valence-corrected chi connectivity index (χ4v) is 2.16. The van der Waals surface area contributed by atoms with Crippen LogP contribution in [-0.4, -0.2) is 13.3 Å². The molecule has 1 aromatic rings. The molecule has 0 radical (unpaired) electrons. The van der Waals surface area contributed by atoms with Gasteiger partial charge in [-0.1, -0.05) is 12.5 Å². The monoisotopic (exact) mass is 274 g/mol. The van der Waals surface area contributed by atoms with Gasteiger partial charge in [-0.3, -0.25) is 0 Å². The first-order valence-electron chi connectivity index (χ1n) is 7.11. The molecule has 0 fully saturated rings. The van der Waals surface area contributed by atoms with Crippen molar-refractivity contribution in [2.24, 2.45) is 5.41 Å². The van der Waals surface area contributed by atoms with E-state index in [2.05, 4.69) is 17.5 Å². The lowest BCUT2D eigenvalue weighted by Gasteiger charge is -2.14. The minimum atomic E-state index is -0.197. The van der Waals surface area contributed by atoms with Crippen molar-refractivity contribution in [2.45, 2.75) is 39.7 Å². The molecule has 0 aliphatic carbocycles. The van der Waals surface area contributed by atoms with Gasteiger partial charge in [-0.05, 0) is 50.9 Å². The number of ether oxygens (including phenoxy) is 2. The summed E-state index contributed by atoms with van der Waals surface area (Å²) >= 11 is 0. The number of hydrogen-bond acceptors (Lipinski definition) is 4. The van der Waals surface area contributed by atoms with Crippen LogP contribution >= 0.6 is 0 Å². The predicted molar refractivity (Wildman–Crippen MR) is 77.5 cm³/mol. The number of fused-ring (bicyclic) bond motifs is 1. The maximum absolute atomic E-state index is 8.93. The third-order valence-electron chi connectivity index (χ3n) is 3.47. The van der Waals surface area contributed by atoms with Gasteiger partial charge >= 0.3 is 0 Å². The minimum absolute atomic E-state index is 0.197. The highest BCUT2D eigenvalue weighted by Gasteiger charge is 2.15. The molecule has 2 rings (SSSR count). The molecule has 0 aromatic heterocycles. The van der Waals surface area contributed by atoms with Crippen molar-refractivity contribution in [3.05, 3.63) is 23.8 Å². The second-order valence-corrected chi connectivity index (χ2v) is 5.82. The minimum Gasteiger partial charge on any atom is -0.454 e. The third-order valence-corrected chi connectivity index (χ3v) is 3.47. The first-order chi connectivity index (χ1) is 9.61. The van der Waals surface area contributed by atoms with Gasteiger partial charge in [0.25, 0.3) is 0 Å². The van der Waals surface area contributed by atoms with Gasteiger partial charge in [0, 0.05) is 6.54 Å². The second kappa shape index (κ2) is 6.62. The molecule has 20 heavy (non-hydrogen) atoms. The van der Waals surface area contributed by atoms with Crippen molar-refractivity contribution in [3.63, 3.8) is 0 Å². The zero-order valence-corrected chi connectivity index (χ0v) is 12.2. The van der Waals surface area contributed by atoms with E-state index in [1.54, 1.807) is 0 Å². The van der Waals surface area contributed by atoms with E-state index < -0.39 is 0 Å². The van der Waals surface area contributed by atoms with Crippen LogP contribution in [0.2, 0.25) is 0 Å². The van der Waals surface area contributed by atoms with E-state index in [0.29, 0.717) is 6.79 Å². The molecule has 4 heteroatoms. The fraction of sp³-hybridized carbons (Fsp3) is 0.562. The van der Waals surface area contributed by atoms with E-state index in [-0.39, 0.29) is 5.41 Å². The number of hydrogen-bond donors (Lipinski definition) is 1. The highest BCUT2D eigenvalue weighted by atomic mass is 16.7. The Bertz CT molecular complexity index is 492. The summed E-state index contributed by atoms with van der Waals surface area (Å²) in [4.78, 5) is 0. The lowest BCUT2D eigenvalue weighted by atomic mass is 9.89. The van der Waals surface area contributed by atoms with E-state index in [0.717, 1.165) is 43.9 Å². The van der Waals surface area contributed by atoms with Crippen LogP contribution in [0.4, 0.5) is 0 Å². The SMILES string of the molecule is CC(C)(C#N)CCCCNCc1ccc2c(c1)OCO2. The molecule has 0 unspecified atom stereocenters. The Labute approximate surface area is 120 Å². The number of nitrogens with zero attached hydrogens (tertiary/aromatic N) is 1. The van der Waals surface area contributed by atoms with E-state index in [1.807, 2.05) is 26.0 Å². The van der Waals surface area contributed by atoms with Gasteiger partial charge in [0.1, 0.15) is 0 Å². The zero-order chi connectivity index (χ0) is 14.4. The molecular weight excluding hydrogens is 252 g/mol. The van der Waals surface area contributed by atoms with Crippen molar-refractivity contribution in [1.29, 1.82) is 5.26 Å². The molecule has 108 valence electrons. The average molecular weight is 274 g/mol. The van der Waals surface area contributed by atoms with Gasteiger partial charge in [0.05, 0.1) is 11.5 Å². The van der Waals surface area contributed by atoms with Crippen molar-refractivity contribution >= 4 is 0 Å². The molecular formula is C16H22N2O2. The van der Waals surface area contributed by atoms with Crippen molar-refractivity contribution in [2.75, 3.05) is 13.3 Å². The molecule has 0 spiro atoms. The van der Waals surface area contributed by atoms with Crippen LogP contribution in [0.15, 0.2) is 18.2 Å². The molecule has 1 aromatic carbocycles. The van der Waals surface area contributed by atoms with Crippen LogP contribution < -0.4 is 14.8 Å². The van der Waals surface area contributed by atoms with Crippen LogP contribution in [0.3, 0.4) is 0 Å². The summed E-state index contributed by atoms with van der Waals surface area (Å²) in [5, 5.41) is 12.4. The lowest BCUT2D eigenvalue weighted by Crippen LogP contribution is -2.15. The van der Waals surface area contributed by atoms with E-state index in [1.165, 1.54) is 5.56 Å². The van der Waals surface area contributed by atoms with Crippen LogP contribution in [0.25, 0.3) is 0 Å². The Hall–Kier alpha value is -1.73. The Morgan fingerprint density at radius 2 is 2.05 bits per heavy atom. The van der Waals surface area contributed by atoms with Crippen molar-refractivity contribution in [3.8, 4) is 17.6 Å². The summed E-state index contributed by atoms with van der Waals surface area (Å²) in [7, 11) is 0. The largest absolute Gasteiger partial charge is 0.454 e. The lowest BCUT2D eigenvalue weighted by molar-refractivity contribution is 0.174. The second-order valence-electron chi connectivity index (χ2n) is 5.82. The topological polar surface area (TPSA) is 54.3 Å². The Morgan fingerprint density at radius 1 is 1.25 bits per heavy atom. The normalized spacial score (nSPS) is 13.2. The molecule has 0 amide bonds. The first-order valence-corrected chi connectivity index (χ1v) is 7.11. The van der Waals surface area contributed by atoms with Gasteiger partial charge in [0.15, 0.2) is 11.5 Å². The molecule has 0 saturated carbocycles. The highest BCUT2D eigenvalue weighted by Crippen LogP contribution is 2.32. The Balaban J connectivity index is 1.63. The zero-order valence-electron chi connectivity index (χ0n) is 12.2. The van der Waals surface area contributed by atoms with Gasteiger partial charge < -0.3 is 14.8 Å². The Kier molecular flexibility index (Phi) is 4.86. The summed E-state index contributed by atoms with van der Waals surface area (Å²) in [6.07, 6.45) is 3.12. The van der Waals surface area contributed by atoms with Crippen LogP contribution in [-0.2, 0) is 6.54 Å². The molecule has 0 saturated heterocycles. The summed E-state index contributed by atoms with van der Waals surface area (Å²) in [6, 6.07) is 8.37. The van der Waals surface area contributed by atoms with Gasteiger partial charge in [-0.15, -0.1) is 0 Å². The molecule has 1 heterocycles. The smallest absolute Gasteiger partial charge is 0.231 e. The molecule has 4 nitrogen and oxygen atoms in total. The molecule has 1 N–H and O–H groups in total. The van der Waals surface area contributed by atoms with Gasteiger partial charge in [0.2, 0.25) is 6.79 Å². The summed E-state index contributed by atoms with van der Waals surface area (Å²) in [5.74, 6) is 1.66. The molecule has 1 aliphatic rings.